The normalized spacial score (nSPS) is 17.6. The summed E-state index contributed by atoms with van der Waals surface area (Å²) >= 11 is 3.05. The topological polar surface area (TPSA) is 28.2 Å². The number of pyridine rings is 1. The zero-order chi connectivity index (χ0) is 14.8. The second-order valence-corrected chi connectivity index (χ2v) is 5.93. The predicted octanol–water partition coefficient (Wildman–Crippen LogP) is 3.30. The van der Waals surface area contributed by atoms with Crippen molar-refractivity contribution in [3.8, 4) is 0 Å². The van der Waals surface area contributed by atoms with Crippen molar-refractivity contribution in [1.82, 2.24) is 10.3 Å². The summed E-state index contributed by atoms with van der Waals surface area (Å²) in [5.74, 6) is 0.574. The third-order valence-electron chi connectivity index (χ3n) is 3.55. The van der Waals surface area contributed by atoms with Crippen molar-refractivity contribution in [2.24, 2.45) is 5.92 Å². The van der Waals surface area contributed by atoms with Crippen LogP contribution in [0.1, 0.15) is 18.4 Å². The van der Waals surface area contributed by atoms with Gasteiger partial charge in [-0.3, -0.25) is 0 Å². The van der Waals surface area contributed by atoms with E-state index in [-0.39, 0.29) is 5.82 Å². The summed E-state index contributed by atoms with van der Waals surface area (Å²) in [6.45, 7) is 2.14. The van der Waals surface area contributed by atoms with Crippen LogP contribution in [0.4, 0.5) is 19.0 Å². The van der Waals surface area contributed by atoms with Crippen molar-refractivity contribution in [1.29, 1.82) is 0 Å². The average Bonchev–Trinajstić information content (AvgIpc) is 2.39. The van der Waals surface area contributed by atoms with E-state index in [4.69, 9.17) is 0 Å². The predicted molar refractivity (Wildman–Crippen MR) is 75.8 cm³/mol. The molecule has 1 aromatic rings. The first-order chi connectivity index (χ1) is 9.41. The second-order valence-electron chi connectivity index (χ2n) is 5.01. The van der Waals surface area contributed by atoms with Crippen LogP contribution in [0, 0.1) is 5.92 Å². The van der Waals surface area contributed by atoms with E-state index in [1.165, 1.54) is 6.20 Å². The first-order valence-corrected chi connectivity index (χ1v) is 7.33. The summed E-state index contributed by atoms with van der Waals surface area (Å²) < 4.78 is 39.6. The fourth-order valence-electron chi connectivity index (χ4n) is 2.53. The molecule has 1 N–H and O–H groups in total. The third kappa shape index (κ3) is 3.63. The highest BCUT2D eigenvalue weighted by atomic mass is 79.9. The van der Waals surface area contributed by atoms with Gasteiger partial charge >= 0.3 is 6.18 Å². The molecule has 0 radical (unpaired) electrons. The zero-order valence-corrected chi connectivity index (χ0v) is 12.8. The molecular formula is C13H17BrF3N3. The Morgan fingerprint density at radius 1 is 1.40 bits per heavy atom. The van der Waals surface area contributed by atoms with Gasteiger partial charge in [0.2, 0.25) is 0 Å². The highest BCUT2D eigenvalue weighted by Gasteiger charge is 2.36. The van der Waals surface area contributed by atoms with Crippen molar-refractivity contribution in [3.63, 3.8) is 0 Å². The molecule has 0 aliphatic carbocycles. The lowest BCUT2D eigenvalue weighted by Crippen LogP contribution is -2.38. The SMILES string of the molecule is CNCC1CCN(c2ncc(Br)cc2C(F)(F)F)CC1. The van der Waals surface area contributed by atoms with E-state index in [1.807, 2.05) is 7.05 Å². The Hall–Kier alpha value is -0.820. The van der Waals surface area contributed by atoms with Gasteiger partial charge in [0.25, 0.3) is 0 Å². The first kappa shape index (κ1) is 15.6. The van der Waals surface area contributed by atoms with E-state index >= 15 is 0 Å². The number of hydrogen-bond acceptors (Lipinski definition) is 3. The monoisotopic (exact) mass is 351 g/mol. The summed E-state index contributed by atoms with van der Waals surface area (Å²) in [7, 11) is 1.89. The fourth-order valence-corrected chi connectivity index (χ4v) is 2.86. The molecule has 0 spiro atoms. The average molecular weight is 352 g/mol. The molecule has 20 heavy (non-hydrogen) atoms. The van der Waals surface area contributed by atoms with E-state index < -0.39 is 11.7 Å². The van der Waals surface area contributed by atoms with Crippen LogP contribution in [0.15, 0.2) is 16.7 Å². The summed E-state index contributed by atoms with van der Waals surface area (Å²) in [6, 6.07) is 1.10. The molecule has 0 amide bonds. The van der Waals surface area contributed by atoms with Gasteiger partial charge in [-0.15, -0.1) is 0 Å². The molecule has 1 aliphatic heterocycles. The van der Waals surface area contributed by atoms with Crippen LogP contribution in [0.3, 0.4) is 0 Å². The number of aromatic nitrogens is 1. The smallest absolute Gasteiger partial charge is 0.356 e. The maximum atomic E-state index is 13.1. The Kier molecular flexibility index (Phi) is 4.90. The minimum Gasteiger partial charge on any atom is -0.356 e. The molecule has 2 rings (SSSR count). The molecule has 0 aromatic carbocycles. The molecule has 1 fully saturated rings. The molecule has 2 heterocycles. The lowest BCUT2D eigenvalue weighted by atomic mass is 9.96. The Morgan fingerprint density at radius 2 is 2.05 bits per heavy atom. The number of alkyl halides is 3. The molecule has 3 nitrogen and oxygen atoms in total. The number of anilines is 1. The number of halogens is 4. The van der Waals surface area contributed by atoms with E-state index in [2.05, 4.69) is 26.2 Å². The van der Waals surface area contributed by atoms with Crippen LogP contribution in [0.25, 0.3) is 0 Å². The lowest BCUT2D eigenvalue weighted by molar-refractivity contribution is -0.137. The molecule has 0 bridgehead atoms. The lowest BCUT2D eigenvalue weighted by Gasteiger charge is -2.34. The Balaban J connectivity index is 2.18. The molecule has 1 aromatic heterocycles. The maximum Gasteiger partial charge on any atom is 0.419 e. The number of hydrogen-bond donors (Lipinski definition) is 1. The summed E-state index contributed by atoms with van der Waals surface area (Å²) in [6.07, 6.45) is -1.19. The molecule has 0 atom stereocenters. The minimum absolute atomic E-state index is 0.0450. The minimum atomic E-state index is -4.38. The van der Waals surface area contributed by atoms with Crippen molar-refractivity contribution in [3.05, 3.63) is 22.3 Å². The molecule has 0 saturated carbocycles. The molecule has 7 heteroatoms. The summed E-state index contributed by atoms with van der Waals surface area (Å²) in [5.41, 5.74) is -0.668. The molecule has 1 saturated heterocycles. The quantitative estimate of drug-likeness (QED) is 0.905. The number of nitrogens with one attached hydrogen (secondary N) is 1. The van der Waals surface area contributed by atoms with Crippen LogP contribution in [0.5, 0.6) is 0 Å². The van der Waals surface area contributed by atoms with Gasteiger partial charge in [-0.1, -0.05) is 0 Å². The standard InChI is InChI=1S/C13H17BrF3N3/c1-18-7-9-2-4-20(5-3-9)12-11(13(15,16)17)6-10(14)8-19-12/h6,8-9,18H,2-5,7H2,1H3. The second kappa shape index (κ2) is 6.30. The summed E-state index contributed by atoms with van der Waals surface area (Å²) in [4.78, 5) is 5.72. The van der Waals surface area contributed by atoms with E-state index in [0.29, 0.717) is 23.5 Å². The van der Waals surface area contributed by atoms with Crippen molar-refractivity contribution in [2.75, 3.05) is 31.6 Å². The highest BCUT2D eigenvalue weighted by molar-refractivity contribution is 9.10. The first-order valence-electron chi connectivity index (χ1n) is 6.54. The van der Waals surface area contributed by atoms with Crippen molar-refractivity contribution in [2.45, 2.75) is 19.0 Å². The maximum absolute atomic E-state index is 13.1. The molecule has 1 aliphatic rings. The highest BCUT2D eigenvalue weighted by Crippen LogP contribution is 2.37. The van der Waals surface area contributed by atoms with Crippen LogP contribution in [0.2, 0.25) is 0 Å². The van der Waals surface area contributed by atoms with E-state index in [0.717, 1.165) is 25.5 Å². The van der Waals surface area contributed by atoms with Gasteiger partial charge in [0, 0.05) is 23.8 Å². The molecular weight excluding hydrogens is 335 g/mol. The molecule has 112 valence electrons. The van der Waals surface area contributed by atoms with E-state index in [1.54, 1.807) is 4.90 Å². The number of nitrogens with zero attached hydrogens (tertiary/aromatic N) is 2. The molecule has 0 unspecified atom stereocenters. The van der Waals surface area contributed by atoms with Crippen LogP contribution in [-0.2, 0) is 6.18 Å². The van der Waals surface area contributed by atoms with Gasteiger partial charge in [0.1, 0.15) is 5.82 Å². The van der Waals surface area contributed by atoms with Gasteiger partial charge in [0.15, 0.2) is 0 Å². The van der Waals surface area contributed by atoms with Gasteiger partial charge in [-0.05, 0) is 54.3 Å². The Bertz CT molecular complexity index is 457. The zero-order valence-electron chi connectivity index (χ0n) is 11.2. The largest absolute Gasteiger partial charge is 0.419 e. The van der Waals surface area contributed by atoms with Crippen LogP contribution in [-0.4, -0.2) is 31.7 Å². The summed E-state index contributed by atoms with van der Waals surface area (Å²) in [5, 5.41) is 3.11. The number of piperidine rings is 1. The van der Waals surface area contributed by atoms with Crippen LogP contribution >= 0.6 is 15.9 Å². The van der Waals surface area contributed by atoms with Crippen molar-refractivity contribution >= 4 is 21.7 Å². The van der Waals surface area contributed by atoms with E-state index in [9.17, 15) is 13.2 Å². The fraction of sp³-hybridized carbons (Fsp3) is 0.615. The Morgan fingerprint density at radius 3 is 2.60 bits per heavy atom. The third-order valence-corrected chi connectivity index (χ3v) is 3.98. The Labute approximate surface area is 124 Å². The van der Waals surface area contributed by atoms with Crippen molar-refractivity contribution < 1.29 is 13.2 Å². The van der Waals surface area contributed by atoms with Gasteiger partial charge in [0.05, 0.1) is 5.56 Å². The van der Waals surface area contributed by atoms with Gasteiger partial charge in [-0.2, -0.15) is 13.2 Å². The van der Waals surface area contributed by atoms with Gasteiger partial charge < -0.3 is 10.2 Å². The van der Waals surface area contributed by atoms with Crippen LogP contribution < -0.4 is 10.2 Å². The number of rotatable bonds is 3. The van der Waals surface area contributed by atoms with Gasteiger partial charge in [-0.25, -0.2) is 4.98 Å².